The van der Waals surface area contributed by atoms with Crippen molar-refractivity contribution >= 4 is 0 Å². The molecular weight excluding hydrogens is 162 g/mol. The molecule has 3 nitrogen and oxygen atoms in total. The van der Waals surface area contributed by atoms with Crippen LogP contribution in [0.5, 0.6) is 0 Å². The van der Waals surface area contributed by atoms with Gasteiger partial charge in [-0.3, -0.25) is 4.90 Å². The molecule has 1 fully saturated rings. The minimum Gasteiger partial charge on any atom is -0.312 e. The number of nitrogens with zero attached hydrogens (tertiary/aromatic N) is 2. The van der Waals surface area contributed by atoms with Gasteiger partial charge in [0.1, 0.15) is 0 Å². The van der Waals surface area contributed by atoms with Crippen LogP contribution in [0.3, 0.4) is 0 Å². The number of hydrogen-bond acceptors (Lipinski definition) is 3. The quantitative estimate of drug-likeness (QED) is 0.705. The maximum atomic E-state index is 8.98. The summed E-state index contributed by atoms with van der Waals surface area (Å²) < 4.78 is 0. The molecule has 0 aromatic rings. The summed E-state index contributed by atoms with van der Waals surface area (Å²) in [7, 11) is 0. The average molecular weight is 181 g/mol. The summed E-state index contributed by atoms with van der Waals surface area (Å²) in [5.74, 6) is 0. The highest BCUT2D eigenvalue weighted by molar-refractivity contribution is 4.94. The van der Waals surface area contributed by atoms with E-state index in [2.05, 4.69) is 30.1 Å². The van der Waals surface area contributed by atoms with E-state index >= 15 is 0 Å². The van der Waals surface area contributed by atoms with Crippen LogP contribution in [0.2, 0.25) is 0 Å². The molecule has 1 aliphatic rings. The van der Waals surface area contributed by atoms with E-state index in [0.717, 1.165) is 32.5 Å². The monoisotopic (exact) mass is 181 g/mol. The Labute approximate surface area is 80.7 Å². The molecule has 0 aliphatic carbocycles. The number of piperazine rings is 1. The van der Waals surface area contributed by atoms with Gasteiger partial charge in [0.05, 0.1) is 12.1 Å². The lowest BCUT2D eigenvalue weighted by Gasteiger charge is -2.34. The van der Waals surface area contributed by atoms with Crippen LogP contribution in [-0.4, -0.2) is 36.6 Å². The van der Waals surface area contributed by atoms with Gasteiger partial charge < -0.3 is 5.32 Å². The Hall–Kier alpha value is -0.590. The van der Waals surface area contributed by atoms with Crippen LogP contribution < -0.4 is 5.32 Å². The fraction of sp³-hybridized carbons (Fsp3) is 0.900. The highest BCUT2D eigenvalue weighted by Gasteiger charge is 2.22. The highest BCUT2D eigenvalue weighted by Crippen LogP contribution is 2.09. The first-order valence-electron chi connectivity index (χ1n) is 5.15. The second-order valence-corrected chi connectivity index (χ2v) is 3.78. The summed E-state index contributed by atoms with van der Waals surface area (Å²) in [4.78, 5) is 2.30. The average Bonchev–Trinajstić information content (AvgIpc) is 2.14. The third-order valence-corrected chi connectivity index (χ3v) is 2.55. The van der Waals surface area contributed by atoms with E-state index in [1.165, 1.54) is 0 Å². The van der Waals surface area contributed by atoms with Gasteiger partial charge in [-0.2, -0.15) is 5.26 Å². The van der Waals surface area contributed by atoms with Crippen LogP contribution >= 0.6 is 0 Å². The largest absolute Gasteiger partial charge is 0.312 e. The van der Waals surface area contributed by atoms with E-state index in [9.17, 15) is 0 Å². The lowest BCUT2D eigenvalue weighted by atomic mass is 10.1. The van der Waals surface area contributed by atoms with Crippen LogP contribution in [0, 0.1) is 11.3 Å². The van der Waals surface area contributed by atoms with E-state index in [-0.39, 0.29) is 6.04 Å². The molecule has 1 saturated heterocycles. The lowest BCUT2D eigenvalue weighted by molar-refractivity contribution is 0.170. The third-order valence-electron chi connectivity index (χ3n) is 2.55. The van der Waals surface area contributed by atoms with E-state index in [4.69, 9.17) is 5.26 Å². The second kappa shape index (κ2) is 5.21. The normalized spacial score (nSPS) is 26.7. The number of hydrogen-bond donors (Lipinski definition) is 1. The molecule has 1 rings (SSSR count). The molecule has 1 heterocycles. The van der Waals surface area contributed by atoms with E-state index < -0.39 is 0 Å². The lowest BCUT2D eigenvalue weighted by Crippen LogP contribution is -2.52. The van der Waals surface area contributed by atoms with Crippen molar-refractivity contribution in [3.63, 3.8) is 0 Å². The minimum absolute atomic E-state index is 0.134. The molecule has 2 unspecified atom stereocenters. The first-order chi connectivity index (χ1) is 6.27. The summed E-state index contributed by atoms with van der Waals surface area (Å²) in [6.45, 7) is 7.35. The van der Waals surface area contributed by atoms with E-state index in [1.807, 2.05) is 0 Å². The molecule has 0 aromatic heterocycles. The molecule has 0 bridgehead atoms. The molecule has 0 aromatic carbocycles. The predicted molar refractivity (Wildman–Crippen MR) is 53.3 cm³/mol. The zero-order valence-corrected chi connectivity index (χ0v) is 8.58. The van der Waals surface area contributed by atoms with E-state index in [1.54, 1.807) is 0 Å². The summed E-state index contributed by atoms with van der Waals surface area (Å²) >= 11 is 0. The van der Waals surface area contributed by atoms with Gasteiger partial charge >= 0.3 is 0 Å². The van der Waals surface area contributed by atoms with Gasteiger partial charge in [0.25, 0.3) is 0 Å². The molecule has 2 atom stereocenters. The fourth-order valence-electron chi connectivity index (χ4n) is 1.85. The highest BCUT2D eigenvalue weighted by atomic mass is 15.2. The summed E-state index contributed by atoms with van der Waals surface area (Å²) in [5.41, 5.74) is 0. The second-order valence-electron chi connectivity index (χ2n) is 3.78. The molecule has 0 radical (unpaired) electrons. The molecule has 1 aliphatic heterocycles. The van der Waals surface area contributed by atoms with Crippen molar-refractivity contribution in [3.8, 4) is 6.07 Å². The molecule has 0 spiro atoms. The summed E-state index contributed by atoms with van der Waals surface area (Å²) in [6, 6.07) is 3.05. The van der Waals surface area contributed by atoms with Crippen molar-refractivity contribution in [3.05, 3.63) is 0 Å². The predicted octanol–water partition coefficient (Wildman–Crippen LogP) is 0.972. The van der Waals surface area contributed by atoms with Gasteiger partial charge in [-0.1, -0.05) is 13.3 Å². The topological polar surface area (TPSA) is 39.1 Å². The fourth-order valence-corrected chi connectivity index (χ4v) is 1.85. The SMILES string of the molecule is CCCC(C#N)N1CCNC(C)C1. The Bertz CT molecular complexity index is 185. The van der Waals surface area contributed by atoms with Crippen molar-refractivity contribution in [2.75, 3.05) is 19.6 Å². The Morgan fingerprint density at radius 2 is 2.46 bits per heavy atom. The first-order valence-corrected chi connectivity index (χ1v) is 5.15. The van der Waals surface area contributed by atoms with Crippen LogP contribution in [-0.2, 0) is 0 Å². The third kappa shape index (κ3) is 2.98. The Balaban J connectivity index is 2.43. The molecule has 1 N–H and O–H groups in total. The number of nitriles is 1. The zero-order valence-electron chi connectivity index (χ0n) is 8.58. The van der Waals surface area contributed by atoms with Gasteiger partial charge in [0.15, 0.2) is 0 Å². The molecule has 74 valence electrons. The molecule has 13 heavy (non-hydrogen) atoms. The van der Waals surface area contributed by atoms with Crippen molar-refractivity contribution in [2.45, 2.75) is 38.8 Å². The Morgan fingerprint density at radius 1 is 1.69 bits per heavy atom. The van der Waals surface area contributed by atoms with Crippen molar-refractivity contribution < 1.29 is 0 Å². The van der Waals surface area contributed by atoms with Crippen LogP contribution in [0.1, 0.15) is 26.7 Å². The first kappa shape index (κ1) is 10.5. The summed E-state index contributed by atoms with van der Waals surface area (Å²) in [6.07, 6.45) is 2.10. The maximum absolute atomic E-state index is 8.98. The van der Waals surface area contributed by atoms with E-state index in [0.29, 0.717) is 6.04 Å². The Kier molecular flexibility index (Phi) is 4.20. The summed E-state index contributed by atoms with van der Waals surface area (Å²) in [5, 5.41) is 12.4. The van der Waals surface area contributed by atoms with Gasteiger partial charge in [0.2, 0.25) is 0 Å². The molecule has 0 saturated carbocycles. The van der Waals surface area contributed by atoms with Crippen LogP contribution in [0.25, 0.3) is 0 Å². The van der Waals surface area contributed by atoms with Gasteiger partial charge in [-0.25, -0.2) is 0 Å². The molecule has 3 heteroatoms. The van der Waals surface area contributed by atoms with Gasteiger partial charge in [-0.05, 0) is 13.3 Å². The van der Waals surface area contributed by atoms with Crippen LogP contribution in [0.15, 0.2) is 0 Å². The smallest absolute Gasteiger partial charge is 0.0978 e. The van der Waals surface area contributed by atoms with Gasteiger partial charge in [0, 0.05) is 25.7 Å². The molecular formula is C10H19N3. The van der Waals surface area contributed by atoms with Crippen molar-refractivity contribution in [1.29, 1.82) is 5.26 Å². The van der Waals surface area contributed by atoms with Crippen LogP contribution in [0.4, 0.5) is 0 Å². The minimum atomic E-state index is 0.134. The molecule has 0 amide bonds. The zero-order chi connectivity index (χ0) is 9.68. The maximum Gasteiger partial charge on any atom is 0.0978 e. The Morgan fingerprint density at radius 3 is 3.00 bits per heavy atom. The number of nitrogens with one attached hydrogen (secondary N) is 1. The van der Waals surface area contributed by atoms with Gasteiger partial charge in [-0.15, -0.1) is 0 Å². The standard InChI is InChI=1S/C10H19N3/c1-3-4-10(7-11)13-6-5-12-9(2)8-13/h9-10,12H,3-6,8H2,1-2H3. The van der Waals surface area contributed by atoms with Crippen molar-refractivity contribution in [1.82, 2.24) is 10.2 Å². The van der Waals surface area contributed by atoms with Crippen molar-refractivity contribution in [2.24, 2.45) is 0 Å². The number of rotatable bonds is 3.